The highest BCUT2D eigenvalue weighted by Gasteiger charge is 2.23. The van der Waals surface area contributed by atoms with Gasteiger partial charge < -0.3 is 19.8 Å². The Morgan fingerprint density at radius 1 is 1.24 bits per heavy atom. The van der Waals surface area contributed by atoms with Crippen LogP contribution in [0.1, 0.15) is 38.9 Å². The predicted octanol–water partition coefficient (Wildman–Crippen LogP) is 4.27. The minimum Gasteiger partial charge on any atom is -0.453 e. The molecule has 1 aromatic heterocycles. The van der Waals surface area contributed by atoms with Crippen LogP contribution in [0.15, 0.2) is 47.8 Å². The number of pyridine rings is 1. The summed E-state index contributed by atoms with van der Waals surface area (Å²) in [4.78, 5) is 49.7. The first-order valence-corrected chi connectivity index (χ1v) is 9.92. The topological polar surface area (TPSA) is 153 Å². The Morgan fingerprint density at radius 3 is 2.52 bits per heavy atom. The lowest BCUT2D eigenvalue weighted by Crippen LogP contribution is -2.35. The Morgan fingerprint density at radius 2 is 1.94 bits per heavy atom. The number of benzene rings is 1. The molecule has 33 heavy (non-hydrogen) atoms. The number of nitro benzene ring substituents is 1. The molecule has 0 radical (unpaired) electrons. The van der Waals surface area contributed by atoms with Gasteiger partial charge in [-0.3, -0.25) is 20.2 Å². The first kappa shape index (κ1) is 25.1. The van der Waals surface area contributed by atoms with E-state index in [4.69, 9.17) is 4.74 Å². The highest BCUT2D eigenvalue weighted by atomic mass is 16.6. The van der Waals surface area contributed by atoms with E-state index < -0.39 is 34.3 Å². The lowest BCUT2D eigenvalue weighted by atomic mass is 10.0. The van der Waals surface area contributed by atoms with Crippen LogP contribution in [-0.2, 0) is 9.47 Å². The summed E-state index contributed by atoms with van der Waals surface area (Å²) in [6.45, 7) is 8.82. The number of alkyl carbamates (subject to hydrolysis) is 1. The number of hydrogen-bond donors (Lipinski definition) is 3. The van der Waals surface area contributed by atoms with Crippen molar-refractivity contribution in [2.24, 2.45) is 0 Å². The number of carbonyl (C=O) groups is 2. The fourth-order valence-electron chi connectivity index (χ4n) is 2.96. The van der Waals surface area contributed by atoms with Gasteiger partial charge in [-0.05, 0) is 51.0 Å². The molecule has 1 aromatic carbocycles. The van der Waals surface area contributed by atoms with Crippen molar-refractivity contribution < 1.29 is 24.0 Å². The van der Waals surface area contributed by atoms with Gasteiger partial charge in [-0.2, -0.15) is 0 Å². The standard InChI is InChI=1S/C22H26N4O7/c1-6-7-16(25-21(29)33-22(2,3)4)17-10-13(11-19(27)24-17)15-9-8-14(23-20(28)32-5)12-18(15)26(30)31/h6,8-12,16H,1,7H2,2-5H3,(H,23,28)(H,24,27)(H,25,29)/t16-/m0/s1. The third-order valence-electron chi connectivity index (χ3n) is 4.27. The van der Waals surface area contributed by atoms with Crippen LogP contribution in [0.2, 0.25) is 0 Å². The summed E-state index contributed by atoms with van der Waals surface area (Å²) < 4.78 is 9.77. The fourth-order valence-corrected chi connectivity index (χ4v) is 2.96. The van der Waals surface area contributed by atoms with Crippen molar-refractivity contribution in [1.82, 2.24) is 10.3 Å². The number of H-pyrrole nitrogens is 1. The van der Waals surface area contributed by atoms with Crippen LogP contribution >= 0.6 is 0 Å². The summed E-state index contributed by atoms with van der Waals surface area (Å²) in [7, 11) is 1.17. The van der Waals surface area contributed by atoms with Gasteiger partial charge in [0.05, 0.1) is 29.3 Å². The third-order valence-corrected chi connectivity index (χ3v) is 4.27. The van der Waals surface area contributed by atoms with Crippen LogP contribution in [0.4, 0.5) is 21.0 Å². The molecular weight excluding hydrogens is 432 g/mol. The number of rotatable bonds is 7. The van der Waals surface area contributed by atoms with Crippen molar-refractivity contribution in [1.29, 1.82) is 0 Å². The van der Waals surface area contributed by atoms with E-state index in [0.717, 1.165) is 6.07 Å². The largest absolute Gasteiger partial charge is 0.453 e. The number of nitrogens with zero attached hydrogens (tertiary/aromatic N) is 1. The van der Waals surface area contributed by atoms with Gasteiger partial charge in [0.25, 0.3) is 5.69 Å². The molecule has 0 saturated heterocycles. The zero-order valence-electron chi connectivity index (χ0n) is 18.8. The van der Waals surface area contributed by atoms with Crippen molar-refractivity contribution in [2.45, 2.75) is 38.8 Å². The highest BCUT2D eigenvalue weighted by molar-refractivity contribution is 5.87. The second-order valence-electron chi connectivity index (χ2n) is 8.02. The van der Waals surface area contributed by atoms with Crippen molar-refractivity contribution in [3.63, 3.8) is 0 Å². The highest BCUT2D eigenvalue weighted by Crippen LogP contribution is 2.33. The smallest absolute Gasteiger partial charge is 0.411 e. The molecule has 2 aromatic rings. The quantitative estimate of drug-likeness (QED) is 0.318. The number of nitrogens with one attached hydrogen (secondary N) is 3. The lowest BCUT2D eigenvalue weighted by molar-refractivity contribution is -0.384. The van der Waals surface area contributed by atoms with Gasteiger partial charge in [-0.25, -0.2) is 9.59 Å². The molecule has 0 bridgehead atoms. The molecule has 0 saturated carbocycles. The molecule has 1 heterocycles. The maximum atomic E-state index is 12.4. The zero-order valence-corrected chi connectivity index (χ0v) is 18.8. The minimum absolute atomic E-state index is 0.150. The first-order chi connectivity index (χ1) is 15.4. The molecule has 0 unspecified atom stereocenters. The summed E-state index contributed by atoms with van der Waals surface area (Å²) in [5.74, 6) is 0. The zero-order chi connectivity index (χ0) is 24.8. The number of ether oxygens (including phenoxy) is 2. The van der Waals surface area contributed by atoms with Gasteiger partial charge in [0, 0.05) is 17.8 Å². The second-order valence-corrected chi connectivity index (χ2v) is 8.02. The number of methoxy groups -OCH3 is 1. The lowest BCUT2D eigenvalue weighted by Gasteiger charge is -2.23. The molecular formula is C22H26N4O7. The third kappa shape index (κ3) is 7.20. The molecule has 0 spiro atoms. The number of amides is 2. The minimum atomic E-state index is -0.782. The molecule has 0 fully saturated rings. The van der Waals surface area contributed by atoms with Crippen molar-refractivity contribution in [3.05, 3.63) is 69.1 Å². The molecule has 2 amide bonds. The van der Waals surface area contributed by atoms with Crippen molar-refractivity contribution in [3.8, 4) is 11.1 Å². The van der Waals surface area contributed by atoms with Crippen LogP contribution in [0.25, 0.3) is 11.1 Å². The fraction of sp³-hybridized carbons (Fsp3) is 0.318. The molecule has 0 aliphatic carbocycles. The van der Waals surface area contributed by atoms with Gasteiger partial charge >= 0.3 is 12.2 Å². The molecule has 3 N–H and O–H groups in total. The van der Waals surface area contributed by atoms with Gasteiger partial charge in [0.2, 0.25) is 5.56 Å². The van der Waals surface area contributed by atoms with E-state index in [1.807, 2.05) is 0 Å². The Bertz CT molecular complexity index is 1120. The summed E-state index contributed by atoms with van der Waals surface area (Å²) in [5.41, 5.74) is -0.705. The van der Waals surface area contributed by atoms with E-state index in [0.29, 0.717) is 5.69 Å². The van der Waals surface area contributed by atoms with Crippen molar-refractivity contribution in [2.75, 3.05) is 12.4 Å². The first-order valence-electron chi connectivity index (χ1n) is 9.92. The van der Waals surface area contributed by atoms with Crippen LogP contribution in [-0.4, -0.2) is 34.8 Å². The van der Waals surface area contributed by atoms with Crippen LogP contribution in [0, 0.1) is 10.1 Å². The van der Waals surface area contributed by atoms with Gasteiger partial charge in [-0.15, -0.1) is 6.58 Å². The van der Waals surface area contributed by atoms with Gasteiger partial charge in [0.15, 0.2) is 0 Å². The Hall–Kier alpha value is -4.15. The number of carbonyl (C=O) groups excluding carboxylic acids is 2. The normalized spacial score (nSPS) is 11.8. The number of aromatic amines is 1. The van der Waals surface area contributed by atoms with Gasteiger partial charge in [0.1, 0.15) is 5.60 Å². The maximum Gasteiger partial charge on any atom is 0.411 e. The summed E-state index contributed by atoms with van der Waals surface area (Å²) >= 11 is 0. The summed E-state index contributed by atoms with van der Waals surface area (Å²) in [6.07, 6.45) is 0.353. The summed E-state index contributed by atoms with van der Waals surface area (Å²) in [6, 6.07) is 6.06. The Kier molecular flexibility index (Phi) is 7.95. The second kappa shape index (κ2) is 10.4. The molecule has 0 aliphatic rings. The van der Waals surface area contributed by atoms with E-state index in [1.54, 1.807) is 26.8 Å². The summed E-state index contributed by atoms with van der Waals surface area (Å²) in [5, 5.41) is 16.7. The molecule has 2 rings (SSSR count). The molecule has 0 aliphatic heterocycles. The van der Waals surface area contributed by atoms with E-state index in [9.17, 15) is 24.5 Å². The van der Waals surface area contributed by atoms with E-state index in [-0.39, 0.29) is 28.9 Å². The van der Waals surface area contributed by atoms with E-state index in [2.05, 4.69) is 26.9 Å². The van der Waals surface area contributed by atoms with Crippen molar-refractivity contribution >= 4 is 23.6 Å². The van der Waals surface area contributed by atoms with E-state index >= 15 is 0 Å². The van der Waals surface area contributed by atoms with Crippen LogP contribution in [0.3, 0.4) is 0 Å². The molecule has 11 nitrogen and oxygen atoms in total. The number of anilines is 1. The molecule has 176 valence electrons. The molecule has 11 heteroatoms. The van der Waals surface area contributed by atoms with Gasteiger partial charge in [-0.1, -0.05) is 6.08 Å². The monoisotopic (exact) mass is 458 g/mol. The SMILES string of the molecule is C=CC[C@H](NC(=O)OC(C)(C)C)c1cc(-c2ccc(NC(=O)OC)cc2[N+](=O)[O-])cc(=O)[nH]1. The predicted molar refractivity (Wildman–Crippen MR) is 122 cm³/mol. The average Bonchev–Trinajstić information content (AvgIpc) is 2.71. The van der Waals surface area contributed by atoms with E-state index in [1.165, 1.54) is 31.4 Å². The average molecular weight is 458 g/mol. The number of hydrogen-bond acceptors (Lipinski definition) is 7. The number of nitro groups is 1. The van der Waals surface area contributed by atoms with Crippen LogP contribution < -0.4 is 16.2 Å². The Labute approximate surface area is 189 Å². The van der Waals surface area contributed by atoms with Crippen LogP contribution in [0.5, 0.6) is 0 Å². The Balaban J connectivity index is 2.49. The molecule has 1 atom stereocenters. The maximum absolute atomic E-state index is 12.4. The number of aromatic nitrogens is 1.